The van der Waals surface area contributed by atoms with Crippen LogP contribution in [0.4, 0.5) is 0 Å². The van der Waals surface area contributed by atoms with Crippen molar-refractivity contribution in [1.82, 2.24) is 0 Å². The number of phenolic OH excluding ortho intramolecular Hbond substituents is 1. The van der Waals surface area contributed by atoms with Crippen LogP contribution in [0.1, 0.15) is 17.3 Å². The molecule has 14 heavy (non-hydrogen) atoms. The number of aromatic hydroxyl groups is 1. The molecule has 1 rings (SSSR count). The number of esters is 2. The molecule has 0 saturated carbocycles. The molecule has 70 valence electrons. The summed E-state index contributed by atoms with van der Waals surface area (Å²) in [7, 11) is 0. The number of rotatable bonds is 1. The number of hydrogen-bond acceptors (Lipinski definition) is 4. The predicted octanol–water partition coefficient (Wildman–Crippen LogP) is 0.447. The van der Waals surface area contributed by atoms with Crippen LogP contribution in [0.15, 0.2) is 24.3 Å². The second-order valence-electron chi connectivity index (χ2n) is 2.40. The molecule has 1 aromatic rings. The Balaban J connectivity index is 0.00000169. The number of carbonyl (C=O) groups excluding carboxylic acids is 2. The number of para-hydroxylation sites is 1. The number of benzene rings is 1. The van der Waals surface area contributed by atoms with Gasteiger partial charge in [0.05, 0.1) is 0 Å². The van der Waals surface area contributed by atoms with E-state index >= 15 is 0 Å². The van der Waals surface area contributed by atoms with Crippen LogP contribution in [0.5, 0.6) is 5.75 Å². The molecule has 0 spiro atoms. The fourth-order valence-electron chi connectivity index (χ4n) is 0.832. The third kappa shape index (κ3) is 3.89. The molecule has 0 aliphatic carbocycles. The third-order valence-corrected chi connectivity index (χ3v) is 1.36. The molecule has 5 heteroatoms. The third-order valence-electron chi connectivity index (χ3n) is 1.36. The van der Waals surface area contributed by atoms with Crippen molar-refractivity contribution in [3.63, 3.8) is 0 Å². The van der Waals surface area contributed by atoms with Gasteiger partial charge in [0.1, 0.15) is 11.3 Å². The van der Waals surface area contributed by atoms with Gasteiger partial charge < -0.3 is 9.84 Å². The molecule has 0 fully saturated rings. The van der Waals surface area contributed by atoms with Gasteiger partial charge >= 0.3 is 63.3 Å². The molecule has 0 unspecified atom stereocenters. The van der Waals surface area contributed by atoms with Gasteiger partial charge in [-0.05, 0) is 12.1 Å². The Labute approximate surface area is 124 Å². The zero-order valence-electron chi connectivity index (χ0n) is 6.98. The summed E-state index contributed by atoms with van der Waals surface area (Å²) in [5.74, 6) is -1.74. The molecule has 0 atom stereocenters. The molecule has 0 radical (unpaired) electrons. The molecule has 0 aromatic heterocycles. The van der Waals surface area contributed by atoms with Crippen molar-refractivity contribution in [2.75, 3.05) is 0 Å². The molecule has 0 aliphatic heterocycles. The van der Waals surface area contributed by atoms with Gasteiger partial charge in [-0.25, -0.2) is 4.79 Å². The number of carbonyl (C=O) groups is 2. The van der Waals surface area contributed by atoms with E-state index in [-0.39, 0.29) is 62.7 Å². The molecular formula is C9H9KO4. The zero-order chi connectivity index (χ0) is 9.84. The molecule has 0 heterocycles. The van der Waals surface area contributed by atoms with Crippen molar-refractivity contribution in [2.24, 2.45) is 0 Å². The summed E-state index contributed by atoms with van der Waals surface area (Å²) in [6.07, 6.45) is 0. The SMILES string of the molecule is CC(=O)OC(=O)c1ccccc1O.[KH]. The summed E-state index contributed by atoms with van der Waals surface area (Å²) in [5, 5.41) is 9.18. The Morgan fingerprint density at radius 1 is 1.29 bits per heavy atom. The van der Waals surface area contributed by atoms with Crippen LogP contribution in [0.3, 0.4) is 0 Å². The molecule has 1 N–H and O–H groups in total. The molecule has 0 amide bonds. The van der Waals surface area contributed by atoms with E-state index in [2.05, 4.69) is 4.74 Å². The summed E-state index contributed by atoms with van der Waals surface area (Å²) in [6.45, 7) is 1.12. The molecule has 0 aliphatic rings. The summed E-state index contributed by atoms with van der Waals surface area (Å²) >= 11 is 0. The van der Waals surface area contributed by atoms with Gasteiger partial charge in [-0.15, -0.1) is 0 Å². The molecule has 0 bridgehead atoms. The van der Waals surface area contributed by atoms with Gasteiger partial charge in [0.25, 0.3) is 0 Å². The van der Waals surface area contributed by atoms with Crippen LogP contribution in [-0.4, -0.2) is 68.4 Å². The Morgan fingerprint density at radius 3 is 2.36 bits per heavy atom. The fourth-order valence-corrected chi connectivity index (χ4v) is 0.832. The quantitative estimate of drug-likeness (QED) is 0.424. The normalized spacial score (nSPS) is 8.64. The van der Waals surface area contributed by atoms with E-state index in [0.717, 1.165) is 6.92 Å². The van der Waals surface area contributed by atoms with Gasteiger partial charge in [0, 0.05) is 6.92 Å². The van der Waals surface area contributed by atoms with E-state index in [4.69, 9.17) is 0 Å². The van der Waals surface area contributed by atoms with Crippen molar-refractivity contribution >= 4 is 63.3 Å². The van der Waals surface area contributed by atoms with Gasteiger partial charge in [0.2, 0.25) is 0 Å². The minimum atomic E-state index is -0.842. The van der Waals surface area contributed by atoms with E-state index in [9.17, 15) is 14.7 Å². The Hall–Kier alpha value is -0.204. The number of phenols is 1. The van der Waals surface area contributed by atoms with E-state index in [1.807, 2.05) is 0 Å². The fraction of sp³-hybridized carbons (Fsp3) is 0.111. The molecule has 4 nitrogen and oxygen atoms in total. The average molecular weight is 220 g/mol. The van der Waals surface area contributed by atoms with Crippen LogP contribution < -0.4 is 0 Å². The Bertz CT molecular complexity index is 348. The van der Waals surface area contributed by atoms with Crippen molar-refractivity contribution in [3.8, 4) is 5.75 Å². The van der Waals surface area contributed by atoms with E-state index < -0.39 is 11.9 Å². The first kappa shape index (κ1) is 13.8. The van der Waals surface area contributed by atoms with Gasteiger partial charge in [-0.3, -0.25) is 4.79 Å². The van der Waals surface area contributed by atoms with Crippen LogP contribution in [0.2, 0.25) is 0 Å². The molecule has 1 aromatic carbocycles. The van der Waals surface area contributed by atoms with Gasteiger partial charge in [-0.1, -0.05) is 12.1 Å². The maximum absolute atomic E-state index is 11.1. The zero-order valence-corrected chi connectivity index (χ0v) is 6.98. The Kier molecular flexibility index (Phi) is 6.22. The first-order valence-corrected chi connectivity index (χ1v) is 3.62. The molecule has 0 saturated heterocycles. The number of hydrogen-bond donors (Lipinski definition) is 1. The van der Waals surface area contributed by atoms with Crippen LogP contribution in [-0.2, 0) is 9.53 Å². The van der Waals surface area contributed by atoms with E-state index in [1.165, 1.54) is 12.1 Å². The topological polar surface area (TPSA) is 63.6 Å². The standard InChI is InChI=1S/C9H8O4.K.H/c1-6(10)13-9(12)7-4-2-3-5-8(7)11;;/h2-5,11H,1H3;;. The van der Waals surface area contributed by atoms with Crippen molar-refractivity contribution in [3.05, 3.63) is 29.8 Å². The second kappa shape index (κ2) is 6.31. The van der Waals surface area contributed by atoms with Crippen molar-refractivity contribution in [1.29, 1.82) is 0 Å². The monoisotopic (exact) mass is 220 g/mol. The first-order valence-electron chi connectivity index (χ1n) is 3.62. The van der Waals surface area contributed by atoms with Crippen molar-refractivity contribution in [2.45, 2.75) is 6.92 Å². The van der Waals surface area contributed by atoms with Gasteiger partial charge in [-0.2, -0.15) is 0 Å². The Morgan fingerprint density at radius 2 is 1.86 bits per heavy atom. The maximum atomic E-state index is 11.1. The summed E-state index contributed by atoms with van der Waals surface area (Å²) < 4.78 is 4.28. The second-order valence-corrected chi connectivity index (χ2v) is 2.40. The van der Waals surface area contributed by atoms with E-state index in [0.29, 0.717) is 0 Å². The minimum absolute atomic E-state index is 0. The van der Waals surface area contributed by atoms with Crippen LogP contribution in [0, 0.1) is 0 Å². The summed E-state index contributed by atoms with van der Waals surface area (Å²) in [5.41, 5.74) is -0.0160. The summed E-state index contributed by atoms with van der Waals surface area (Å²) in [4.78, 5) is 21.5. The number of ether oxygens (including phenoxy) is 1. The van der Waals surface area contributed by atoms with E-state index in [1.54, 1.807) is 12.1 Å². The summed E-state index contributed by atoms with van der Waals surface area (Å²) in [6, 6.07) is 5.85. The first-order chi connectivity index (χ1) is 6.11. The van der Waals surface area contributed by atoms with Gasteiger partial charge in [0.15, 0.2) is 0 Å². The average Bonchev–Trinajstić information content (AvgIpc) is 2.03. The molecular weight excluding hydrogens is 211 g/mol. The van der Waals surface area contributed by atoms with Crippen LogP contribution >= 0.6 is 0 Å². The van der Waals surface area contributed by atoms with Crippen LogP contribution in [0.25, 0.3) is 0 Å². The van der Waals surface area contributed by atoms with Crippen molar-refractivity contribution < 1.29 is 19.4 Å². The predicted molar refractivity (Wildman–Crippen MR) is 51.4 cm³/mol.